The lowest BCUT2D eigenvalue weighted by Crippen LogP contribution is -2.33. The van der Waals surface area contributed by atoms with Crippen molar-refractivity contribution in [2.24, 2.45) is 0 Å². The lowest BCUT2D eigenvalue weighted by molar-refractivity contribution is -0.119. The van der Waals surface area contributed by atoms with E-state index in [-0.39, 0.29) is 5.91 Å². The molecular weight excluding hydrogens is 282 g/mol. The molecule has 1 heterocycles. The standard InChI is InChI=1S/C12H12BrN3O/c13-10-3-2-9(7-14)11(6-10)16-5-1-4-15-12(17)8-16/h2-3,6H,1,4-5,8H2,(H,15,17). The number of nitriles is 1. The number of carbonyl (C=O) groups is 1. The molecule has 0 spiro atoms. The predicted molar refractivity (Wildman–Crippen MR) is 68.7 cm³/mol. The average Bonchev–Trinajstić information content (AvgIpc) is 2.54. The van der Waals surface area contributed by atoms with Gasteiger partial charge in [0.1, 0.15) is 6.07 Å². The van der Waals surface area contributed by atoms with Crippen molar-refractivity contribution in [2.75, 3.05) is 24.5 Å². The molecule has 1 fully saturated rings. The summed E-state index contributed by atoms with van der Waals surface area (Å²) < 4.78 is 0.913. The number of rotatable bonds is 1. The third-order valence-electron chi connectivity index (χ3n) is 2.68. The summed E-state index contributed by atoms with van der Waals surface area (Å²) in [6, 6.07) is 7.65. The van der Waals surface area contributed by atoms with Gasteiger partial charge in [0, 0.05) is 17.6 Å². The molecule has 0 atom stereocenters. The van der Waals surface area contributed by atoms with Gasteiger partial charge in [0.15, 0.2) is 0 Å². The van der Waals surface area contributed by atoms with Crippen LogP contribution in [0.4, 0.5) is 5.69 Å². The molecule has 0 unspecified atom stereocenters. The van der Waals surface area contributed by atoms with Gasteiger partial charge in [0.05, 0.1) is 17.8 Å². The Morgan fingerprint density at radius 2 is 2.29 bits per heavy atom. The molecule has 0 bridgehead atoms. The number of anilines is 1. The zero-order valence-corrected chi connectivity index (χ0v) is 10.8. The SMILES string of the molecule is N#Cc1ccc(Br)cc1N1CCCNC(=O)C1. The highest BCUT2D eigenvalue weighted by molar-refractivity contribution is 9.10. The Balaban J connectivity index is 2.34. The molecule has 1 aromatic rings. The van der Waals surface area contributed by atoms with E-state index in [4.69, 9.17) is 5.26 Å². The summed E-state index contributed by atoms with van der Waals surface area (Å²) in [5.74, 6) is 0.00589. The first-order valence-electron chi connectivity index (χ1n) is 5.42. The summed E-state index contributed by atoms with van der Waals surface area (Å²) in [4.78, 5) is 13.5. The van der Waals surface area contributed by atoms with Gasteiger partial charge in [-0.25, -0.2) is 0 Å². The van der Waals surface area contributed by atoms with Crippen molar-refractivity contribution in [3.63, 3.8) is 0 Å². The number of nitrogens with one attached hydrogen (secondary N) is 1. The zero-order valence-electron chi connectivity index (χ0n) is 9.24. The first-order chi connectivity index (χ1) is 8.20. The molecular formula is C12H12BrN3O. The molecule has 0 aromatic heterocycles. The number of hydrogen-bond acceptors (Lipinski definition) is 3. The van der Waals surface area contributed by atoms with E-state index < -0.39 is 0 Å². The highest BCUT2D eigenvalue weighted by atomic mass is 79.9. The Bertz CT molecular complexity index is 481. The molecule has 1 saturated heterocycles. The minimum atomic E-state index is 0.00589. The van der Waals surface area contributed by atoms with E-state index in [1.807, 2.05) is 17.0 Å². The van der Waals surface area contributed by atoms with E-state index >= 15 is 0 Å². The van der Waals surface area contributed by atoms with Crippen LogP contribution < -0.4 is 10.2 Å². The van der Waals surface area contributed by atoms with Crippen LogP contribution in [0.15, 0.2) is 22.7 Å². The van der Waals surface area contributed by atoms with Crippen LogP contribution in [0.1, 0.15) is 12.0 Å². The van der Waals surface area contributed by atoms with Gasteiger partial charge in [0.2, 0.25) is 5.91 Å². The highest BCUT2D eigenvalue weighted by Crippen LogP contribution is 2.25. The molecule has 1 amide bonds. The first-order valence-corrected chi connectivity index (χ1v) is 6.21. The largest absolute Gasteiger partial charge is 0.361 e. The van der Waals surface area contributed by atoms with Crippen molar-refractivity contribution in [3.05, 3.63) is 28.2 Å². The van der Waals surface area contributed by atoms with E-state index in [0.717, 1.165) is 23.1 Å². The van der Waals surface area contributed by atoms with E-state index in [2.05, 4.69) is 27.3 Å². The van der Waals surface area contributed by atoms with Crippen molar-refractivity contribution in [1.82, 2.24) is 5.32 Å². The van der Waals surface area contributed by atoms with Crippen LogP contribution >= 0.6 is 15.9 Å². The minimum Gasteiger partial charge on any atom is -0.361 e. The average molecular weight is 294 g/mol. The normalized spacial score (nSPS) is 16.0. The summed E-state index contributed by atoms with van der Waals surface area (Å²) in [5, 5.41) is 11.9. The Kier molecular flexibility index (Phi) is 3.64. The van der Waals surface area contributed by atoms with E-state index in [1.165, 1.54) is 0 Å². The predicted octanol–water partition coefficient (Wildman–Crippen LogP) is 1.65. The van der Waals surface area contributed by atoms with Gasteiger partial charge < -0.3 is 10.2 Å². The van der Waals surface area contributed by atoms with Crippen LogP contribution in [0.3, 0.4) is 0 Å². The molecule has 5 heteroatoms. The molecule has 88 valence electrons. The van der Waals surface area contributed by atoms with Gasteiger partial charge in [-0.3, -0.25) is 4.79 Å². The van der Waals surface area contributed by atoms with Crippen molar-refractivity contribution in [1.29, 1.82) is 5.26 Å². The zero-order chi connectivity index (χ0) is 12.3. The number of nitrogens with zero attached hydrogens (tertiary/aromatic N) is 2. The van der Waals surface area contributed by atoms with Crippen LogP contribution in [0.25, 0.3) is 0 Å². The molecule has 17 heavy (non-hydrogen) atoms. The van der Waals surface area contributed by atoms with Crippen LogP contribution in [-0.4, -0.2) is 25.5 Å². The topological polar surface area (TPSA) is 56.1 Å². The third-order valence-corrected chi connectivity index (χ3v) is 3.18. The maximum absolute atomic E-state index is 11.5. The van der Waals surface area contributed by atoms with Crippen LogP contribution in [0, 0.1) is 11.3 Å². The number of hydrogen-bond donors (Lipinski definition) is 1. The van der Waals surface area contributed by atoms with Gasteiger partial charge >= 0.3 is 0 Å². The summed E-state index contributed by atoms with van der Waals surface area (Å²) in [7, 11) is 0. The molecule has 0 radical (unpaired) electrons. The smallest absolute Gasteiger partial charge is 0.239 e. The number of carbonyl (C=O) groups excluding carboxylic acids is 1. The lowest BCUT2D eigenvalue weighted by Gasteiger charge is -2.22. The second-order valence-electron chi connectivity index (χ2n) is 3.90. The summed E-state index contributed by atoms with van der Waals surface area (Å²) in [6.45, 7) is 1.79. The third kappa shape index (κ3) is 2.77. The summed E-state index contributed by atoms with van der Waals surface area (Å²) >= 11 is 3.39. The highest BCUT2D eigenvalue weighted by Gasteiger charge is 2.17. The molecule has 1 aromatic carbocycles. The van der Waals surface area contributed by atoms with E-state index in [9.17, 15) is 4.79 Å². The van der Waals surface area contributed by atoms with Crippen molar-refractivity contribution in [2.45, 2.75) is 6.42 Å². The summed E-state index contributed by atoms with van der Waals surface area (Å²) in [5.41, 5.74) is 1.42. The van der Waals surface area contributed by atoms with Crippen molar-refractivity contribution < 1.29 is 4.79 Å². The monoisotopic (exact) mass is 293 g/mol. The fourth-order valence-electron chi connectivity index (χ4n) is 1.87. The van der Waals surface area contributed by atoms with Crippen LogP contribution in [-0.2, 0) is 4.79 Å². The molecule has 2 rings (SSSR count). The van der Waals surface area contributed by atoms with Gasteiger partial charge in [-0.15, -0.1) is 0 Å². The number of amides is 1. The maximum Gasteiger partial charge on any atom is 0.239 e. The van der Waals surface area contributed by atoms with Crippen molar-refractivity contribution in [3.8, 4) is 6.07 Å². The van der Waals surface area contributed by atoms with Crippen LogP contribution in [0.2, 0.25) is 0 Å². The molecule has 0 aliphatic carbocycles. The lowest BCUT2D eigenvalue weighted by atomic mass is 10.1. The Labute approximate surface area is 108 Å². The number of halogens is 1. The maximum atomic E-state index is 11.5. The second-order valence-corrected chi connectivity index (χ2v) is 4.81. The quantitative estimate of drug-likeness (QED) is 0.857. The number of benzene rings is 1. The van der Waals surface area contributed by atoms with E-state index in [0.29, 0.717) is 18.7 Å². The first kappa shape index (κ1) is 11.9. The Hall–Kier alpha value is -1.54. The van der Waals surface area contributed by atoms with Crippen molar-refractivity contribution >= 4 is 27.5 Å². The van der Waals surface area contributed by atoms with Gasteiger partial charge in [-0.2, -0.15) is 5.26 Å². The van der Waals surface area contributed by atoms with Gasteiger partial charge in [-0.05, 0) is 24.6 Å². The molecule has 1 aliphatic heterocycles. The Morgan fingerprint density at radius 1 is 1.47 bits per heavy atom. The second kappa shape index (κ2) is 5.19. The summed E-state index contributed by atoms with van der Waals surface area (Å²) in [6.07, 6.45) is 0.892. The molecule has 1 aliphatic rings. The minimum absolute atomic E-state index is 0.00589. The molecule has 4 nitrogen and oxygen atoms in total. The molecule has 1 N–H and O–H groups in total. The van der Waals surface area contributed by atoms with E-state index in [1.54, 1.807) is 6.07 Å². The van der Waals surface area contributed by atoms with Crippen LogP contribution in [0.5, 0.6) is 0 Å². The molecule has 0 saturated carbocycles. The van der Waals surface area contributed by atoms with Gasteiger partial charge in [0.25, 0.3) is 0 Å². The fourth-order valence-corrected chi connectivity index (χ4v) is 2.22. The Morgan fingerprint density at radius 3 is 3.06 bits per heavy atom. The van der Waals surface area contributed by atoms with Gasteiger partial charge in [-0.1, -0.05) is 15.9 Å². The fraction of sp³-hybridized carbons (Fsp3) is 0.333.